The Kier molecular flexibility index (Phi) is 5.45. The number of aromatic nitrogens is 2. The number of nitrogens with one attached hydrogen (secondary N) is 1. The number of anilines is 1. The summed E-state index contributed by atoms with van der Waals surface area (Å²) in [6.45, 7) is 3.39. The van der Waals surface area contributed by atoms with E-state index in [1.54, 1.807) is 0 Å². The molecular weight excluding hydrogens is 388 g/mol. The number of para-hydroxylation sites is 2. The van der Waals surface area contributed by atoms with Crippen molar-refractivity contribution in [2.75, 3.05) is 31.1 Å². The van der Waals surface area contributed by atoms with E-state index < -0.39 is 0 Å². The van der Waals surface area contributed by atoms with E-state index in [9.17, 15) is 9.59 Å². The van der Waals surface area contributed by atoms with Crippen LogP contribution in [0.1, 0.15) is 47.8 Å². The summed E-state index contributed by atoms with van der Waals surface area (Å²) in [5, 5.41) is 0. The molecule has 2 saturated heterocycles. The third-order valence-corrected chi connectivity index (χ3v) is 6.84. The number of benzene rings is 2. The highest BCUT2D eigenvalue weighted by Gasteiger charge is 2.32. The maximum atomic E-state index is 13.1. The van der Waals surface area contributed by atoms with Crippen molar-refractivity contribution in [3.8, 4) is 0 Å². The monoisotopic (exact) mass is 416 g/mol. The van der Waals surface area contributed by atoms with Crippen LogP contribution in [0.4, 0.5) is 5.69 Å². The largest absolute Gasteiger partial charge is 0.371 e. The molecule has 31 heavy (non-hydrogen) atoms. The van der Waals surface area contributed by atoms with E-state index in [0.717, 1.165) is 80.7 Å². The maximum Gasteiger partial charge on any atom is 0.225 e. The van der Waals surface area contributed by atoms with Crippen molar-refractivity contribution < 1.29 is 9.59 Å². The fraction of sp³-hybridized carbons (Fsp3) is 0.400. The summed E-state index contributed by atoms with van der Waals surface area (Å²) >= 11 is 0. The highest BCUT2D eigenvalue weighted by Crippen LogP contribution is 2.30. The molecule has 2 aromatic carbocycles. The molecule has 5 rings (SSSR count). The molecule has 0 saturated carbocycles. The van der Waals surface area contributed by atoms with Gasteiger partial charge in [-0.3, -0.25) is 9.59 Å². The molecule has 2 aliphatic heterocycles. The number of carbonyl (C=O) groups excluding carboxylic acids is 2. The first-order valence-electron chi connectivity index (χ1n) is 11.2. The Morgan fingerprint density at radius 1 is 0.935 bits per heavy atom. The minimum Gasteiger partial charge on any atom is -0.371 e. The van der Waals surface area contributed by atoms with Gasteiger partial charge in [-0.05, 0) is 62.1 Å². The van der Waals surface area contributed by atoms with Crippen LogP contribution in [0.3, 0.4) is 0 Å². The predicted molar refractivity (Wildman–Crippen MR) is 121 cm³/mol. The zero-order valence-electron chi connectivity index (χ0n) is 17.7. The number of aromatic amines is 1. The van der Waals surface area contributed by atoms with Crippen LogP contribution >= 0.6 is 0 Å². The highest BCUT2D eigenvalue weighted by molar-refractivity contribution is 5.79. The Morgan fingerprint density at radius 3 is 2.32 bits per heavy atom. The lowest BCUT2D eigenvalue weighted by atomic mass is 9.91. The van der Waals surface area contributed by atoms with Crippen LogP contribution in [-0.4, -0.2) is 53.2 Å². The molecule has 1 aromatic heterocycles. The second kappa shape index (κ2) is 8.53. The SMILES string of the molecule is O=Cc1ccc(N2CCC(C(=O)N3CCC(c4nc5ccccc5[nH]4)CC3)CC2)cc1. The number of fused-ring (bicyclic) bond motifs is 1. The van der Waals surface area contributed by atoms with Gasteiger partial charge in [-0.1, -0.05) is 12.1 Å². The second-order valence-corrected chi connectivity index (χ2v) is 8.71. The van der Waals surface area contributed by atoms with Crippen LogP contribution in [0, 0.1) is 5.92 Å². The topological polar surface area (TPSA) is 69.3 Å². The Bertz CT molecular complexity index is 1030. The van der Waals surface area contributed by atoms with E-state index >= 15 is 0 Å². The molecule has 0 aliphatic carbocycles. The minimum absolute atomic E-state index is 0.119. The Hall–Kier alpha value is -3.15. The van der Waals surface area contributed by atoms with Crippen LogP contribution in [0.15, 0.2) is 48.5 Å². The standard InChI is InChI=1S/C25H28N4O2/c30-17-18-5-7-21(8-6-18)28-13-11-20(12-14-28)25(31)29-15-9-19(10-16-29)24-26-22-3-1-2-4-23(22)27-24/h1-8,17,19-20H,9-16H2,(H,26,27). The maximum absolute atomic E-state index is 13.1. The van der Waals surface area contributed by atoms with Crippen molar-refractivity contribution in [1.29, 1.82) is 0 Å². The number of amides is 1. The van der Waals surface area contributed by atoms with Crippen molar-refractivity contribution in [3.05, 3.63) is 59.9 Å². The van der Waals surface area contributed by atoms with Gasteiger partial charge in [0, 0.05) is 49.3 Å². The third-order valence-electron chi connectivity index (χ3n) is 6.84. The molecule has 3 heterocycles. The second-order valence-electron chi connectivity index (χ2n) is 8.71. The summed E-state index contributed by atoms with van der Waals surface area (Å²) in [6.07, 6.45) is 4.57. The van der Waals surface area contributed by atoms with Crippen LogP contribution in [0.2, 0.25) is 0 Å². The van der Waals surface area contributed by atoms with Gasteiger partial charge in [0.25, 0.3) is 0 Å². The Labute approximate surface area is 182 Å². The molecule has 6 nitrogen and oxygen atoms in total. The third kappa shape index (κ3) is 4.07. The summed E-state index contributed by atoms with van der Waals surface area (Å²) < 4.78 is 0. The van der Waals surface area contributed by atoms with Gasteiger partial charge in [0.1, 0.15) is 12.1 Å². The van der Waals surface area contributed by atoms with Gasteiger partial charge >= 0.3 is 0 Å². The molecule has 3 aromatic rings. The van der Waals surface area contributed by atoms with Crippen molar-refractivity contribution in [2.24, 2.45) is 5.92 Å². The average Bonchev–Trinajstić information content (AvgIpc) is 3.28. The van der Waals surface area contributed by atoms with Gasteiger partial charge in [-0.25, -0.2) is 4.98 Å². The first-order valence-corrected chi connectivity index (χ1v) is 11.2. The van der Waals surface area contributed by atoms with Crippen molar-refractivity contribution in [2.45, 2.75) is 31.6 Å². The zero-order valence-corrected chi connectivity index (χ0v) is 17.7. The van der Waals surface area contributed by atoms with Gasteiger partial charge in [0.2, 0.25) is 5.91 Å². The van der Waals surface area contributed by atoms with Gasteiger partial charge in [-0.2, -0.15) is 0 Å². The summed E-state index contributed by atoms with van der Waals surface area (Å²) in [5.74, 6) is 1.89. The number of imidazole rings is 1. The number of rotatable bonds is 4. The molecular formula is C25H28N4O2. The molecule has 0 spiro atoms. The summed E-state index contributed by atoms with van der Waals surface area (Å²) in [4.78, 5) is 36.6. The lowest BCUT2D eigenvalue weighted by molar-refractivity contribution is -0.137. The molecule has 1 N–H and O–H groups in total. The van der Waals surface area contributed by atoms with Gasteiger partial charge in [0.15, 0.2) is 0 Å². The van der Waals surface area contributed by atoms with E-state index in [2.05, 4.69) is 20.9 Å². The van der Waals surface area contributed by atoms with Crippen LogP contribution < -0.4 is 4.90 Å². The summed E-state index contributed by atoms with van der Waals surface area (Å²) in [7, 11) is 0. The van der Waals surface area contributed by atoms with Crippen molar-refractivity contribution in [3.63, 3.8) is 0 Å². The predicted octanol–water partition coefficient (Wildman–Crippen LogP) is 4.00. The number of hydrogen-bond donors (Lipinski definition) is 1. The van der Waals surface area contributed by atoms with Gasteiger partial charge in [0.05, 0.1) is 11.0 Å². The zero-order chi connectivity index (χ0) is 21.2. The number of aldehydes is 1. The lowest BCUT2D eigenvalue weighted by Crippen LogP contribution is -2.45. The Morgan fingerprint density at radius 2 is 1.65 bits per heavy atom. The van der Waals surface area contributed by atoms with Crippen LogP contribution in [0.25, 0.3) is 11.0 Å². The smallest absolute Gasteiger partial charge is 0.225 e. The normalized spacial score (nSPS) is 18.5. The van der Waals surface area contributed by atoms with E-state index in [-0.39, 0.29) is 5.92 Å². The number of nitrogens with zero attached hydrogens (tertiary/aromatic N) is 3. The van der Waals surface area contributed by atoms with E-state index in [1.165, 1.54) is 0 Å². The highest BCUT2D eigenvalue weighted by atomic mass is 16.2. The summed E-state index contributed by atoms with van der Waals surface area (Å²) in [6, 6.07) is 15.8. The number of piperidine rings is 2. The first-order chi connectivity index (χ1) is 15.2. The van der Waals surface area contributed by atoms with E-state index in [0.29, 0.717) is 17.4 Å². The molecule has 0 radical (unpaired) electrons. The molecule has 0 bridgehead atoms. The fourth-order valence-electron chi connectivity index (χ4n) is 4.95. The van der Waals surface area contributed by atoms with Gasteiger partial charge in [-0.15, -0.1) is 0 Å². The van der Waals surface area contributed by atoms with Crippen molar-refractivity contribution >= 4 is 28.9 Å². The molecule has 6 heteroatoms. The number of hydrogen-bond acceptors (Lipinski definition) is 4. The molecule has 2 aliphatic rings. The molecule has 2 fully saturated rings. The number of carbonyl (C=O) groups is 2. The lowest BCUT2D eigenvalue weighted by Gasteiger charge is -2.37. The molecule has 0 unspecified atom stereocenters. The minimum atomic E-state index is 0.119. The molecule has 1 amide bonds. The van der Waals surface area contributed by atoms with E-state index in [1.807, 2.05) is 42.5 Å². The van der Waals surface area contributed by atoms with Crippen LogP contribution in [-0.2, 0) is 4.79 Å². The molecule has 160 valence electrons. The number of H-pyrrole nitrogens is 1. The quantitative estimate of drug-likeness (QED) is 0.653. The average molecular weight is 417 g/mol. The summed E-state index contributed by atoms with van der Waals surface area (Å²) in [5.41, 5.74) is 3.93. The molecule has 0 atom stereocenters. The van der Waals surface area contributed by atoms with E-state index in [4.69, 9.17) is 4.98 Å². The Balaban J connectivity index is 1.14. The van der Waals surface area contributed by atoms with Crippen molar-refractivity contribution in [1.82, 2.24) is 14.9 Å². The fourth-order valence-corrected chi connectivity index (χ4v) is 4.95. The first kappa shape index (κ1) is 19.8. The van der Waals surface area contributed by atoms with Gasteiger partial charge < -0.3 is 14.8 Å². The number of likely N-dealkylation sites (tertiary alicyclic amines) is 1. The van der Waals surface area contributed by atoms with Crippen LogP contribution in [0.5, 0.6) is 0 Å².